The van der Waals surface area contributed by atoms with E-state index >= 15 is 0 Å². The van der Waals surface area contributed by atoms with Crippen LogP contribution in [0.15, 0.2) is 16.5 Å². The fourth-order valence-corrected chi connectivity index (χ4v) is 2.04. The van der Waals surface area contributed by atoms with E-state index in [1.165, 1.54) is 17.4 Å². The molecule has 1 atom stereocenters. The second-order valence-corrected chi connectivity index (χ2v) is 3.25. The first-order valence-electron chi connectivity index (χ1n) is 3.30. The Labute approximate surface area is 71.9 Å². The molecule has 0 aliphatic heterocycles. The number of hydrogen-bond donors (Lipinski definition) is 1. The molecule has 0 radical (unpaired) electrons. The topological polar surface area (TPSA) is 63.4 Å². The van der Waals surface area contributed by atoms with Gasteiger partial charge in [0.05, 0.1) is 4.92 Å². The van der Waals surface area contributed by atoms with Gasteiger partial charge in [0.25, 0.3) is 5.70 Å². The Bertz CT molecular complexity index is 368. The summed E-state index contributed by atoms with van der Waals surface area (Å²) in [7, 11) is 0. The third-order valence-electron chi connectivity index (χ3n) is 1.81. The fourth-order valence-electron chi connectivity index (χ4n) is 1.21. The predicted octanol–water partition coefficient (Wildman–Crippen LogP) is 1.41. The Morgan fingerprint density at radius 2 is 2.33 bits per heavy atom. The first-order valence-corrected chi connectivity index (χ1v) is 4.24. The standard InChI is InChI=1S/C7H5NO3S/c9-7-5-3-12-2-4(5)1-6(7)8(10)11/h1-3,7,9H. The third kappa shape index (κ3) is 0.870. The van der Waals surface area contributed by atoms with Crippen molar-refractivity contribution >= 4 is 17.4 Å². The van der Waals surface area contributed by atoms with Gasteiger partial charge >= 0.3 is 0 Å². The number of hydrogen-bond acceptors (Lipinski definition) is 4. The van der Waals surface area contributed by atoms with E-state index < -0.39 is 11.0 Å². The van der Waals surface area contributed by atoms with Crippen LogP contribution in [0.3, 0.4) is 0 Å². The fraction of sp³-hybridized carbons (Fsp3) is 0.143. The average Bonchev–Trinajstić information content (AvgIpc) is 2.53. The maximum atomic E-state index is 10.4. The zero-order chi connectivity index (χ0) is 8.72. The molecule has 1 aliphatic carbocycles. The highest BCUT2D eigenvalue weighted by Gasteiger charge is 2.32. The van der Waals surface area contributed by atoms with Gasteiger partial charge < -0.3 is 5.11 Å². The molecule has 0 fully saturated rings. The summed E-state index contributed by atoms with van der Waals surface area (Å²) in [5.41, 5.74) is 1.28. The Morgan fingerprint density at radius 3 is 2.92 bits per heavy atom. The monoisotopic (exact) mass is 183 g/mol. The summed E-state index contributed by atoms with van der Waals surface area (Å²) in [4.78, 5) is 9.81. The summed E-state index contributed by atoms with van der Waals surface area (Å²) in [5, 5.41) is 23.3. The van der Waals surface area contributed by atoms with Crippen molar-refractivity contribution in [2.45, 2.75) is 6.10 Å². The van der Waals surface area contributed by atoms with Crippen LogP contribution >= 0.6 is 11.3 Å². The van der Waals surface area contributed by atoms with E-state index in [-0.39, 0.29) is 5.70 Å². The highest BCUT2D eigenvalue weighted by atomic mass is 32.1. The summed E-state index contributed by atoms with van der Waals surface area (Å²) in [6.45, 7) is 0. The van der Waals surface area contributed by atoms with Crippen LogP contribution in [-0.2, 0) is 0 Å². The van der Waals surface area contributed by atoms with Gasteiger partial charge in [0.1, 0.15) is 0 Å². The van der Waals surface area contributed by atoms with E-state index in [1.54, 1.807) is 10.8 Å². The SMILES string of the molecule is O=[N+]([O-])C1=Cc2cscc2C1O. The van der Waals surface area contributed by atoms with Gasteiger partial charge in [-0.15, -0.1) is 0 Å². The molecule has 12 heavy (non-hydrogen) atoms. The molecule has 1 unspecified atom stereocenters. The summed E-state index contributed by atoms with van der Waals surface area (Å²) in [5.74, 6) is 0. The normalized spacial score (nSPS) is 20.4. The van der Waals surface area contributed by atoms with Crippen LogP contribution in [0, 0.1) is 10.1 Å². The van der Waals surface area contributed by atoms with Gasteiger partial charge in [0.15, 0.2) is 6.10 Å². The molecule has 62 valence electrons. The molecule has 0 bridgehead atoms. The van der Waals surface area contributed by atoms with Gasteiger partial charge in [-0.05, 0) is 16.3 Å². The van der Waals surface area contributed by atoms with Gasteiger partial charge in [0, 0.05) is 11.6 Å². The third-order valence-corrected chi connectivity index (χ3v) is 2.59. The number of aliphatic hydroxyl groups is 1. The van der Waals surface area contributed by atoms with Crippen molar-refractivity contribution in [3.05, 3.63) is 37.7 Å². The molecule has 0 saturated carbocycles. The van der Waals surface area contributed by atoms with E-state index in [2.05, 4.69) is 0 Å². The van der Waals surface area contributed by atoms with Crippen molar-refractivity contribution in [2.75, 3.05) is 0 Å². The minimum absolute atomic E-state index is 0.132. The zero-order valence-electron chi connectivity index (χ0n) is 5.93. The first kappa shape index (κ1) is 7.45. The predicted molar refractivity (Wildman–Crippen MR) is 44.3 cm³/mol. The minimum Gasteiger partial charge on any atom is -0.377 e. The van der Waals surface area contributed by atoms with Crippen LogP contribution in [0.4, 0.5) is 0 Å². The Hall–Kier alpha value is -1.20. The van der Waals surface area contributed by atoms with Gasteiger partial charge in [-0.3, -0.25) is 10.1 Å². The minimum atomic E-state index is -1.04. The molecule has 1 N–H and O–H groups in total. The first-order chi connectivity index (χ1) is 5.70. The molecular weight excluding hydrogens is 178 g/mol. The Kier molecular flexibility index (Phi) is 1.49. The molecule has 5 heteroatoms. The second kappa shape index (κ2) is 2.40. The molecule has 0 aromatic carbocycles. The number of nitro groups is 1. The number of fused-ring (bicyclic) bond motifs is 1. The van der Waals surface area contributed by atoms with Crippen molar-refractivity contribution in [3.8, 4) is 0 Å². The van der Waals surface area contributed by atoms with Gasteiger partial charge in [-0.1, -0.05) is 0 Å². The van der Waals surface area contributed by atoms with Crippen molar-refractivity contribution in [3.63, 3.8) is 0 Å². The lowest BCUT2D eigenvalue weighted by Crippen LogP contribution is -2.04. The molecule has 4 nitrogen and oxygen atoms in total. The lowest BCUT2D eigenvalue weighted by molar-refractivity contribution is -0.434. The number of rotatable bonds is 1. The average molecular weight is 183 g/mol. The van der Waals surface area contributed by atoms with Gasteiger partial charge in [-0.25, -0.2) is 0 Å². The van der Waals surface area contributed by atoms with Crippen LogP contribution in [0.1, 0.15) is 17.2 Å². The van der Waals surface area contributed by atoms with E-state index in [4.69, 9.17) is 0 Å². The lowest BCUT2D eigenvalue weighted by atomic mass is 10.2. The molecule has 0 spiro atoms. The summed E-state index contributed by atoms with van der Waals surface area (Å²) in [6.07, 6.45) is 0.373. The number of aliphatic hydroxyl groups excluding tert-OH is 1. The number of thiophene rings is 1. The molecule has 0 amide bonds. The molecular formula is C7H5NO3S. The van der Waals surface area contributed by atoms with Crippen molar-refractivity contribution in [2.24, 2.45) is 0 Å². The van der Waals surface area contributed by atoms with Crippen molar-refractivity contribution in [1.29, 1.82) is 0 Å². The molecule has 1 aromatic rings. The second-order valence-electron chi connectivity index (χ2n) is 2.51. The molecule has 1 aliphatic rings. The van der Waals surface area contributed by atoms with Crippen molar-refractivity contribution in [1.82, 2.24) is 0 Å². The van der Waals surface area contributed by atoms with Gasteiger partial charge in [-0.2, -0.15) is 11.3 Å². The van der Waals surface area contributed by atoms with Crippen LogP contribution in [0.5, 0.6) is 0 Å². The molecule has 1 heterocycles. The highest BCUT2D eigenvalue weighted by molar-refractivity contribution is 7.08. The zero-order valence-corrected chi connectivity index (χ0v) is 6.75. The maximum absolute atomic E-state index is 10.4. The van der Waals surface area contributed by atoms with Crippen LogP contribution < -0.4 is 0 Å². The van der Waals surface area contributed by atoms with Gasteiger partial charge in [0.2, 0.25) is 0 Å². The molecule has 2 rings (SSSR count). The largest absolute Gasteiger partial charge is 0.377 e. The van der Waals surface area contributed by atoms with Crippen LogP contribution in [-0.4, -0.2) is 10.0 Å². The van der Waals surface area contributed by atoms with Crippen LogP contribution in [0.2, 0.25) is 0 Å². The quantitative estimate of drug-likeness (QED) is 0.529. The molecule has 1 aromatic heterocycles. The van der Waals surface area contributed by atoms with E-state index in [1.807, 2.05) is 0 Å². The van der Waals surface area contributed by atoms with E-state index in [9.17, 15) is 15.2 Å². The Morgan fingerprint density at radius 1 is 1.58 bits per heavy atom. The van der Waals surface area contributed by atoms with E-state index in [0.29, 0.717) is 5.56 Å². The number of nitrogens with zero attached hydrogens (tertiary/aromatic N) is 1. The smallest absolute Gasteiger partial charge is 0.279 e. The Balaban J connectivity index is 2.47. The van der Waals surface area contributed by atoms with Crippen LogP contribution in [0.25, 0.3) is 6.08 Å². The summed E-state index contributed by atoms with van der Waals surface area (Å²) < 4.78 is 0. The lowest BCUT2D eigenvalue weighted by Gasteiger charge is -1.99. The molecule has 0 saturated heterocycles. The van der Waals surface area contributed by atoms with E-state index in [0.717, 1.165) is 5.56 Å². The maximum Gasteiger partial charge on any atom is 0.279 e. The summed E-state index contributed by atoms with van der Waals surface area (Å²) >= 11 is 1.43. The van der Waals surface area contributed by atoms with Crippen molar-refractivity contribution < 1.29 is 10.0 Å². The highest BCUT2D eigenvalue weighted by Crippen LogP contribution is 2.36. The summed E-state index contributed by atoms with van der Waals surface area (Å²) in [6, 6.07) is 0.